The number of benzene rings is 3. The Kier molecular flexibility index (Phi) is 5.67. The van der Waals surface area contributed by atoms with Crippen molar-refractivity contribution in [2.24, 2.45) is 0 Å². The first kappa shape index (κ1) is 22.6. The van der Waals surface area contributed by atoms with Gasteiger partial charge in [-0.1, -0.05) is 36.4 Å². The first-order valence-electron chi connectivity index (χ1n) is 10.6. The van der Waals surface area contributed by atoms with Crippen molar-refractivity contribution in [2.75, 3.05) is 13.7 Å². The summed E-state index contributed by atoms with van der Waals surface area (Å²) >= 11 is 0. The molecule has 2 atom stereocenters. The van der Waals surface area contributed by atoms with E-state index in [-0.39, 0.29) is 30.0 Å². The van der Waals surface area contributed by atoms with E-state index in [1.165, 1.54) is 35.5 Å². The molecule has 1 fully saturated rings. The van der Waals surface area contributed by atoms with Gasteiger partial charge in [0, 0.05) is 17.5 Å². The molecule has 4 aromatic rings. The summed E-state index contributed by atoms with van der Waals surface area (Å²) in [7, 11) is -2.92. The van der Waals surface area contributed by atoms with Crippen LogP contribution in [-0.2, 0) is 31.2 Å². The standard InChI is InChI=1S/C24H21F2N3O4S/c1-32-34(30,31)22-9-6-16-4-2-3-5-19(16)23(22)17-11-24(33-12-17,13-29-15-27-14-28-29)20-8-7-18(25)10-21(20)26/h2-10,14-15,17H,11-13H2,1H3. The molecule has 1 saturated heterocycles. The van der Waals surface area contributed by atoms with E-state index in [4.69, 9.17) is 8.92 Å². The van der Waals surface area contributed by atoms with Crippen molar-refractivity contribution in [3.8, 4) is 0 Å². The van der Waals surface area contributed by atoms with Gasteiger partial charge in [0.2, 0.25) is 0 Å². The third-order valence-corrected chi connectivity index (χ3v) is 7.60. The number of nitrogens with zero attached hydrogens (tertiary/aromatic N) is 3. The van der Waals surface area contributed by atoms with Crippen molar-refractivity contribution in [1.82, 2.24) is 14.8 Å². The summed E-state index contributed by atoms with van der Waals surface area (Å²) in [6, 6.07) is 14.0. The highest BCUT2D eigenvalue weighted by molar-refractivity contribution is 7.86. The van der Waals surface area contributed by atoms with Crippen molar-refractivity contribution in [3.63, 3.8) is 0 Å². The number of ether oxygens (including phenoxy) is 1. The summed E-state index contributed by atoms with van der Waals surface area (Å²) in [5.41, 5.74) is -0.507. The number of fused-ring (bicyclic) bond motifs is 1. The molecule has 1 aliphatic rings. The Bertz CT molecular complexity index is 1460. The second kappa shape index (κ2) is 8.53. The van der Waals surface area contributed by atoms with Gasteiger partial charge in [0.1, 0.15) is 29.9 Å². The predicted molar refractivity (Wildman–Crippen MR) is 120 cm³/mol. The summed E-state index contributed by atoms with van der Waals surface area (Å²) < 4.78 is 66.9. The van der Waals surface area contributed by atoms with Gasteiger partial charge in [-0.2, -0.15) is 13.5 Å². The fourth-order valence-corrected chi connectivity index (χ4v) is 5.74. The van der Waals surface area contributed by atoms with Crippen molar-refractivity contribution < 1.29 is 26.1 Å². The molecule has 5 rings (SSSR count). The van der Waals surface area contributed by atoms with Crippen molar-refractivity contribution in [3.05, 3.63) is 90.0 Å². The van der Waals surface area contributed by atoms with E-state index in [0.29, 0.717) is 5.56 Å². The third kappa shape index (κ3) is 3.87. The van der Waals surface area contributed by atoms with Crippen LogP contribution in [0.25, 0.3) is 10.8 Å². The zero-order chi connectivity index (χ0) is 23.9. The molecule has 0 saturated carbocycles. The lowest BCUT2D eigenvalue weighted by molar-refractivity contribution is -0.0200. The first-order valence-corrected chi connectivity index (χ1v) is 12.0. The maximum Gasteiger partial charge on any atom is 0.297 e. The molecule has 0 amide bonds. The molecular weight excluding hydrogens is 464 g/mol. The molecule has 1 aliphatic heterocycles. The van der Waals surface area contributed by atoms with Crippen LogP contribution in [0.1, 0.15) is 23.5 Å². The first-order chi connectivity index (χ1) is 16.3. The van der Waals surface area contributed by atoms with Crippen LogP contribution in [0.15, 0.2) is 72.1 Å². The summed E-state index contributed by atoms with van der Waals surface area (Å²) in [6.07, 6.45) is 3.07. The summed E-state index contributed by atoms with van der Waals surface area (Å²) in [4.78, 5) is 3.99. The topological polar surface area (TPSA) is 83.3 Å². The molecule has 1 aromatic heterocycles. The number of hydrogen-bond donors (Lipinski definition) is 0. The second-order valence-electron chi connectivity index (χ2n) is 8.24. The van der Waals surface area contributed by atoms with E-state index < -0.39 is 33.3 Å². The van der Waals surface area contributed by atoms with Crippen molar-refractivity contribution >= 4 is 20.9 Å². The summed E-state index contributed by atoms with van der Waals surface area (Å²) in [5.74, 6) is -1.86. The highest BCUT2D eigenvalue weighted by atomic mass is 32.2. The average Bonchev–Trinajstić information content (AvgIpc) is 3.49. The molecule has 10 heteroatoms. The smallest absolute Gasteiger partial charge is 0.297 e. The highest BCUT2D eigenvalue weighted by Gasteiger charge is 2.46. The van der Waals surface area contributed by atoms with E-state index in [1.807, 2.05) is 24.3 Å². The summed E-state index contributed by atoms with van der Waals surface area (Å²) in [6.45, 7) is 0.231. The van der Waals surface area contributed by atoms with Crippen LogP contribution in [0.3, 0.4) is 0 Å². The van der Waals surface area contributed by atoms with E-state index in [2.05, 4.69) is 10.1 Å². The van der Waals surface area contributed by atoms with Gasteiger partial charge >= 0.3 is 0 Å². The monoisotopic (exact) mass is 485 g/mol. The van der Waals surface area contributed by atoms with Crippen molar-refractivity contribution in [2.45, 2.75) is 29.4 Å². The number of halogens is 2. The molecule has 176 valence electrons. The van der Waals surface area contributed by atoms with E-state index in [0.717, 1.165) is 23.9 Å². The SMILES string of the molecule is COS(=O)(=O)c1ccc2ccccc2c1C1COC(Cn2cncn2)(c2ccc(F)cc2F)C1. The van der Waals surface area contributed by atoms with Gasteiger partial charge in [0.05, 0.1) is 25.2 Å². The van der Waals surface area contributed by atoms with Gasteiger partial charge in [-0.25, -0.2) is 18.4 Å². The highest BCUT2D eigenvalue weighted by Crippen LogP contribution is 2.48. The van der Waals surface area contributed by atoms with E-state index in [9.17, 15) is 12.8 Å². The van der Waals surface area contributed by atoms with Gasteiger partial charge in [-0.15, -0.1) is 0 Å². The lowest BCUT2D eigenvalue weighted by Gasteiger charge is -2.29. The Morgan fingerprint density at radius 1 is 1.18 bits per heavy atom. The number of aromatic nitrogens is 3. The van der Waals surface area contributed by atoms with Crippen LogP contribution in [0.5, 0.6) is 0 Å². The zero-order valence-corrected chi connectivity index (χ0v) is 19.0. The van der Waals surface area contributed by atoms with E-state index >= 15 is 4.39 Å². The zero-order valence-electron chi connectivity index (χ0n) is 18.2. The largest absolute Gasteiger partial charge is 0.368 e. The Hall–Kier alpha value is -3.21. The Balaban J connectivity index is 1.67. The minimum absolute atomic E-state index is 0.0402. The molecule has 2 heterocycles. The van der Waals surface area contributed by atoms with Gasteiger partial charge in [0.25, 0.3) is 10.1 Å². The van der Waals surface area contributed by atoms with Gasteiger partial charge < -0.3 is 4.74 Å². The van der Waals surface area contributed by atoms with Crippen LogP contribution in [0.2, 0.25) is 0 Å². The Labute approximate surface area is 195 Å². The molecule has 0 spiro atoms. The summed E-state index contributed by atoms with van der Waals surface area (Å²) in [5, 5.41) is 5.73. The Morgan fingerprint density at radius 3 is 2.74 bits per heavy atom. The minimum Gasteiger partial charge on any atom is -0.368 e. The van der Waals surface area contributed by atoms with Crippen LogP contribution in [-0.4, -0.2) is 36.9 Å². The maximum atomic E-state index is 15.0. The lowest BCUT2D eigenvalue weighted by Crippen LogP contribution is -2.32. The van der Waals surface area contributed by atoms with Crippen LogP contribution in [0.4, 0.5) is 8.78 Å². The maximum absolute atomic E-state index is 15.0. The molecule has 7 nitrogen and oxygen atoms in total. The fourth-order valence-electron chi connectivity index (χ4n) is 4.78. The molecule has 0 N–H and O–H groups in total. The quantitative estimate of drug-likeness (QED) is 0.382. The molecule has 0 radical (unpaired) electrons. The number of rotatable bonds is 6. The molecule has 2 unspecified atom stereocenters. The fraction of sp³-hybridized carbons (Fsp3) is 0.250. The lowest BCUT2D eigenvalue weighted by atomic mass is 9.83. The van der Waals surface area contributed by atoms with Crippen molar-refractivity contribution in [1.29, 1.82) is 0 Å². The van der Waals surface area contributed by atoms with E-state index in [1.54, 1.807) is 6.07 Å². The van der Waals surface area contributed by atoms with Gasteiger partial charge in [-0.05, 0) is 34.9 Å². The second-order valence-corrected chi connectivity index (χ2v) is 9.92. The number of hydrogen-bond acceptors (Lipinski definition) is 6. The van der Waals surface area contributed by atoms with Crippen LogP contribution < -0.4 is 0 Å². The Morgan fingerprint density at radius 2 is 2.00 bits per heavy atom. The molecular formula is C24H21F2N3O4S. The average molecular weight is 486 g/mol. The normalized spacial score (nSPS) is 20.7. The van der Waals surface area contributed by atoms with Crippen LogP contribution in [0, 0.1) is 11.6 Å². The minimum atomic E-state index is -4.03. The predicted octanol–water partition coefficient (Wildman–Crippen LogP) is 4.14. The third-order valence-electron chi connectivity index (χ3n) is 6.27. The van der Waals surface area contributed by atoms with Gasteiger partial charge in [0.15, 0.2) is 0 Å². The molecule has 0 bridgehead atoms. The molecule has 0 aliphatic carbocycles. The van der Waals surface area contributed by atoms with Gasteiger partial charge in [-0.3, -0.25) is 4.18 Å². The van der Waals surface area contributed by atoms with Crippen LogP contribution >= 0.6 is 0 Å². The molecule has 34 heavy (non-hydrogen) atoms. The molecule has 3 aromatic carbocycles.